The van der Waals surface area contributed by atoms with E-state index in [1.807, 2.05) is 13.0 Å². The van der Waals surface area contributed by atoms with Crippen molar-refractivity contribution in [1.82, 2.24) is 0 Å². The molecule has 7 nitrogen and oxygen atoms in total. The highest BCUT2D eigenvalue weighted by Crippen LogP contribution is 2.28. The number of carbonyl (C=O) groups is 2. The third-order valence-electron chi connectivity index (χ3n) is 3.87. The zero-order valence-electron chi connectivity index (χ0n) is 16.8. The first-order valence-corrected chi connectivity index (χ1v) is 9.13. The minimum absolute atomic E-state index is 0.178. The van der Waals surface area contributed by atoms with E-state index in [0.29, 0.717) is 36.0 Å². The van der Waals surface area contributed by atoms with Gasteiger partial charge in [0, 0.05) is 18.4 Å². The fourth-order valence-electron chi connectivity index (χ4n) is 2.46. The van der Waals surface area contributed by atoms with Gasteiger partial charge in [0.15, 0.2) is 11.5 Å². The maximum Gasteiger partial charge on any atom is 0.338 e. The SMILES string of the molecule is CCOCCOC(=O)c1cccc(NC(=O)/C=C/c2ccc(OC)c(OC)c2)c1. The van der Waals surface area contributed by atoms with E-state index in [-0.39, 0.29) is 12.5 Å². The smallest absolute Gasteiger partial charge is 0.338 e. The number of esters is 1. The van der Waals surface area contributed by atoms with Gasteiger partial charge in [-0.25, -0.2) is 4.79 Å². The molecule has 2 rings (SSSR count). The van der Waals surface area contributed by atoms with Crippen LogP contribution in [-0.2, 0) is 14.3 Å². The molecule has 2 aromatic carbocycles. The maximum absolute atomic E-state index is 12.2. The summed E-state index contributed by atoms with van der Waals surface area (Å²) in [4.78, 5) is 24.2. The number of carbonyl (C=O) groups excluding carboxylic acids is 2. The summed E-state index contributed by atoms with van der Waals surface area (Å²) in [6.45, 7) is 2.96. The van der Waals surface area contributed by atoms with Crippen molar-refractivity contribution in [2.75, 3.05) is 39.4 Å². The Labute approximate surface area is 170 Å². The predicted molar refractivity (Wildman–Crippen MR) is 110 cm³/mol. The van der Waals surface area contributed by atoms with Crippen molar-refractivity contribution in [3.05, 3.63) is 59.7 Å². The number of ether oxygens (including phenoxy) is 4. The lowest BCUT2D eigenvalue weighted by Crippen LogP contribution is -2.12. The molecule has 0 fully saturated rings. The standard InChI is InChI=1S/C22H25NO6/c1-4-28-12-13-29-22(25)17-6-5-7-18(15-17)23-21(24)11-9-16-8-10-19(26-2)20(14-16)27-3/h5-11,14-15H,4,12-13H2,1-3H3,(H,23,24)/b11-9+. The molecule has 0 heterocycles. The van der Waals surface area contributed by atoms with Gasteiger partial charge < -0.3 is 24.3 Å². The quantitative estimate of drug-likeness (QED) is 0.374. The predicted octanol–water partition coefficient (Wildman–Crippen LogP) is 3.55. The molecule has 0 saturated heterocycles. The molecule has 0 bridgehead atoms. The van der Waals surface area contributed by atoms with Crippen molar-refractivity contribution in [3.8, 4) is 11.5 Å². The molecule has 1 N–H and O–H groups in total. The molecule has 0 atom stereocenters. The summed E-state index contributed by atoms with van der Waals surface area (Å²) in [5, 5.41) is 2.72. The summed E-state index contributed by atoms with van der Waals surface area (Å²) in [6.07, 6.45) is 3.05. The number of rotatable bonds is 10. The maximum atomic E-state index is 12.2. The van der Waals surface area contributed by atoms with Gasteiger partial charge in [-0.3, -0.25) is 4.79 Å². The highest BCUT2D eigenvalue weighted by atomic mass is 16.6. The topological polar surface area (TPSA) is 83.1 Å². The lowest BCUT2D eigenvalue weighted by atomic mass is 10.2. The summed E-state index contributed by atoms with van der Waals surface area (Å²) in [6, 6.07) is 11.9. The van der Waals surface area contributed by atoms with Crippen molar-refractivity contribution >= 4 is 23.6 Å². The van der Waals surface area contributed by atoms with Crippen LogP contribution in [0.15, 0.2) is 48.5 Å². The van der Waals surface area contributed by atoms with E-state index in [2.05, 4.69) is 5.32 Å². The van der Waals surface area contributed by atoms with E-state index < -0.39 is 5.97 Å². The Kier molecular flexibility index (Phi) is 8.72. The van der Waals surface area contributed by atoms with Crippen LogP contribution >= 0.6 is 0 Å². The molecule has 0 unspecified atom stereocenters. The summed E-state index contributed by atoms with van der Waals surface area (Å²) in [5.74, 6) is 0.382. The Bertz CT molecular complexity index is 862. The molecule has 0 aliphatic heterocycles. The number of benzene rings is 2. The van der Waals surface area contributed by atoms with Gasteiger partial charge in [0.05, 0.1) is 26.4 Å². The van der Waals surface area contributed by atoms with Crippen LogP contribution in [0.4, 0.5) is 5.69 Å². The van der Waals surface area contributed by atoms with Crippen LogP contribution < -0.4 is 14.8 Å². The minimum Gasteiger partial charge on any atom is -0.493 e. The number of hydrogen-bond acceptors (Lipinski definition) is 6. The summed E-state index contributed by atoms with van der Waals surface area (Å²) >= 11 is 0. The average Bonchev–Trinajstić information content (AvgIpc) is 2.75. The van der Waals surface area contributed by atoms with Crippen LogP contribution in [-0.4, -0.2) is 45.9 Å². The molecule has 29 heavy (non-hydrogen) atoms. The van der Waals surface area contributed by atoms with Crippen LogP contribution in [0.5, 0.6) is 11.5 Å². The van der Waals surface area contributed by atoms with Crippen molar-refractivity contribution < 1.29 is 28.5 Å². The molecule has 0 radical (unpaired) electrons. The van der Waals surface area contributed by atoms with Gasteiger partial charge in [0.2, 0.25) is 5.91 Å². The molecule has 0 aliphatic carbocycles. The Balaban J connectivity index is 1.97. The Morgan fingerprint density at radius 2 is 1.79 bits per heavy atom. The second-order valence-corrected chi connectivity index (χ2v) is 5.85. The van der Waals surface area contributed by atoms with Crippen LogP contribution in [0.2, 0.25) is 0 Å². The lowest BCUT2D eigenvalue weighted by molar-refractivity contribution is -0.111. The van der Waals surface area contributed by atoms with Gasteiger partial charge in [0.25, 0.3) is 0 Å². The number of anilines is 1. The second kappa shape index (κ2) is 11.5. The molecule has 0 aliphatic rings. The van der Waals surface area contributed by atoms with Gasteiger partial charge >= 0.3 is 5.97 Å². The number of hydrogen-bond donors (Lipinski definition) is 1. The van der Waals surface area contributed by atoms with Crippen molar-refractivity contribution in [3.63, 3.8) is 0 Å². The van der Waals surface area contributed by atoms with E-state index in [1.165, 1.54) is 6.08 Å². The van der Waals surface area contributed by atoms with E-state index >= 15 is 0 Å². The monoisotopic (exact) mass is 399 g/mol. The van der Waals surface area contributed by atoms with Gasteiger partial charge in [-0.15, -0.1) is 0 Å². The van der Waals surface area contributed by atoms with E-state index in [4.69, 9.17) is 18.9 Å². The normalized spacial score (nSPS) is 10.6. The van der Waals surface area contributed by atoms with E-state index in [1.54, 1.807) is 56.7 Å². The summed E-state index contributed by atoms with van der Waals surface area (Å²) in [5.41, 5.74) is 1.62. The summed E-state index contributed by atoms with van der Waals surface area (Å²) in [7, 11) is 3.11. The lowest BCUT2D eigenvalue weighted by Gasteiger charge is -2.08. The van der Waals surface area contributed by atoms with E-state index in [0.717, 1.165) is 5.56 Å². The molecule has 1 amide bonds. The van der Waals surface area contributed by atoms with Crippen LogP contribution in [0, 0.1) is 0 Å². The fourth-order valence-corrected chi connectivity index (χ4v) is 2.46. The molecule has 2 aromatic rings. The fraction of sp³-hybridized carbons (Fsp3) is 0.273. The highest BCUT2D eigenvalue weighted by Gasteiger charge is 2.09. The zero-order valence-corrected chi connectivity index (χ0v) is 16.8. The highest BCUT2D eigenvalue weighted by molar-refractivity contribution is 6.02. The van der Waals surface area contributed by atoms with Gasteiger partial charge in [-0.2, -0.15) is 0 Å². The number of methoxy groups -OCH3 is 2. The number of nitrogens with one attached hydrogen (secondary N) is 1. The largest absolute Gasteiger partial charge is 0.493 e. The molecule has 154 valence electrons. The third-order valence-corrected chi connectivity index (χ3v) is 3.87. The molecular weight excluding hydrogens is 374 g/mol. The molecule has 0 spiro atoms. The zero-order chi connectivity index (χ0) is 21.1. The first-order valence-electron chi connectivity index (χ1n) is 9.13. The first kappa shape index (κ1) is 22.0. The number of amides is 1. The average molecular weight is 399 g/mol. The Hall–Kier alpha value is -3.32. The van der Waals surface area contributed by atoms with Gasteiger partial charge in [-0.1, -0.05) is 12.1 Å². The van der Waals surface area contributed by atoms with Crippen LogP contribution in [0.3, 0.4) is 0 Å². The first-order chi connectivity index (χ1) is 14.1. The van der Waals surface area contributed by atoms with Gasteiger partial charge in [-0.05, 0) is 48.9 Å². The second-order valence-electron chi connectivity index (χ2n) is 5.85. The van der Waals surface area contributed by atoms with Crippen molar-refractivity contribution in [2.45, 2.75) is 6.92 Å². The van der Waals surface area contributed by atoms with Crippen LogP contribution in [0.1, 0.15) is 22.8 Å². The molecule has 7 heteroatoms. The molecule has 0 saturated carbocycles. The third kappa shape index (κ3) is 6.97. The Morgan fingerprint density at radius 1 is 1.00 bits per heavy atom. The molecular formula is C22H25NO6. The van der Waals surface area contributed by atoms with Crippen LogP contribution in [0.25, 0.3) is 6.08 Å². The van der Waals surface area contributed by atoms with Gasteiger partial charge in [0.1, 0.15) is 6.61 Å². The summed E-state index contributed by atoms with van der Waals surface area (Å²) < 4.78 is 20.7. The van der Waals surface area contributed by atoms with Crippen molar-refractivity contribution in [2.24, 2.45) is 0 Å². The minimum atomic E-state index is -0.471. The van der Waals surface area contributed by atoms with E-state index in [9.17, 15) is 9.59 Å². The van der Waals surface area contributed by atoms with Crippen molar-refractivity contribution in [1.29, 1.82) is 0 Å². The molecule has 0 aromatic heterocycles. The Morgan fingerprint density at radius 3 is 2.52 bits per heavy atom.